The molecule has 0 saturated carbocycles. The van der Waals surface area contributed by atoms with Crippen molar-refractivity contribution in [3.05, 3.63) is 58.7 Å². The zero-order chi connectivity index (χ0) is 20.4. The average Bonchev–Trinajstić information content (AvgIpc) is 3.10. The van der Waals surface area contributed by atoms with Crippen LogP contribution < -0.4 is 5.73 Å². The highest BCUT2D eigenvalue weighted by Gasteiger charge is 2.35. The molecule has 2 aromatic heterocycles. The third-order valence-electron chi connectivity index (χ3n) is 5.12. The van der Waals surface area contributed by atoms with E-state index in [1.165, 1.54) is 4.90 Å². The van der Waals surface area contributed by atoms with Crippen LogP contribution in [0.3, 0.4) is 0 Å². The van der Waals surface area contributed by atoms with Crippen molar-refractivity contribution < 1.29 is 9.53 Å². The molecule has 1 amide bonds. The summed E-state index contributed by atoms with van der Waals surface area (Å²) in [6.07, 6.45) is 4.11. The van der Waals surface area contributed by atoms with Gasteiger partial charge in [-0.2, -0.15) is 5.26 Å². The highest BCUT2D eigenvalue weighted by atomic mass is 79.9. The minimum Gasteiger partial charge on any atom is -0.445 e. The quantitative estimate of drug-likeness (QED) is 0.648. The summed E-state index contributed by atoms with van der Waals surface area (Å²) < 4.78 is 7.93. The third-order valence-corrected chi connectivity index (χ3v) is 5.68. The van der Waals surface area contributed by atoms with Crippen molar-refractivity contribution in [2.45, 2.75) is 31.4 Å². The Morgan fingerprint density at radius 1 is 1.38 bits per heavy atom. The van der Waals surface area contributed by atoms with Gasteiger partial charge in [0.05, 0.1) is 6.07 Å². The van der Waals surface area contributed by atoms with E-state index in [2.05, 4.69) is 32.0 Å². The molecule has 1 fully saturated rings. The van der Waals surface area contributed by atoms with E-state index >= 15 is 0 Å². The second-order valence-electron chi connectivity index (χ2n) is 6.89. The minimum absolute atomic E-state index is 0.0124. The van der Waals surface area contributed by atoms with E-state index in [-0.39, 0.29) is 12.5 Å². The lowest BCUT2D eigenvalue weighted by molar-refractivity contribution is 0.0750. The maximum atomic E-state index is 12.5. The van der Waals surface area contributed by atoms with E-state index in [1.807, 2.05) is 34.7 Å². The molecule has 9 heteroatoms. The molecule has 0 bridgehead atoms. The number of fused-ring (bicyclic) bond motifs is 1. The number of nitrogen functional groups attached to an aromatic ring is 1. The van der Waals surface area contributed by atoms with E-state index in [0.29, 0.717) is 35.3 Å². The summed E-state index contributed by atoms with van der Waals surface area (Å²) in [5.41, 5.74) is 7.59. The molecule has 2 unspecified atom stereocenters. The van der Waals surface area contributed by atoms with Crippen LogP contribution in [0.25, 0.3) is 5.52 Å². The van der Waals surface area contributed by atoms with Gasteiger partial charge in [-0.25, -0.2) is 14.8 Å². The highest BCUT2D eigenvalue weighted by molar-refractivity contribution is 9.10. The minimum atomic E-state index is -0.581. The lowest BCUT2D eigenvalue weighted by Gasteiger charge is -2.34. The fourth-order valence-corrected chi connectivity index (χ4v) is 4.25. The van der Waals surface area contributed by atoms with Gasteiger partial charge in [-0.1, -0.05) is 30.3 Å². The number of halogens is 1. The number of ether oxygens (including phenoxy) is 1. The maximum absolute atomic E-state index is 12.5. The van der Waals surface area contributed by atoms with Gasteiger partial charge in [0.25, 0.3) is 0 Å². The van der Waals surface area contributed by atoms with Gasteiger partial charge in [-0.05, 0) is 34.3 Å². The number of likely N-dealkylation sites (tertiary alicyclic amines) is 1. The van der Waals surface area contributed by atoms with Gasteiger partial charge in [0.1, 0.15) is 28.6 Å². The summed E-state index contributed by atoms with van der Waals surface area (Å²) in [5, 5.41) is 9.66. The number of nitrogens with two attached hydrogens (primary N) is 1. The van der Waals surface area contributed by atoms with Gasteiger partial charge in [0, 0.05) is 24.9 Å². The van der Waals surface area contributed by atoms with Crippen LogP contribution in [0.4, 0.5) is 10.6 Å². The van der Waals surface area contributed by atoms with Gasteiger partial charge in [0.2, 0.25) is 0 Å². The fourth-order valence-electron chi connectivity index (χ4n) is 3.67. The predicted molar refractivity (Wildman–Crippen MR) is 110 cm³/mol. The summed E-state index contributed by atoms with van der Waals surface area (Å²) in [6.45, 7) is 0.603. The van der Waals surface area contributed by atoms with Crippen LogP contribution in [0, 0.1) is 11.3 Å². The summed E-state index contributed by atoms with van der Waals surface area (Å²) in [7, 11) is 0. The summed E-state index contributed by atoms with van der Waals surface area (Å²) in [5.74, 6) is 1.20. The molecule has 0 spiro atoms. The number of hydrogen-bond acceptors (Lipinski definition) is 6. The molecule has 1 aliphatic rings. The Hall–Kier alpha value is -3.12. The second kappa shape index (κ2) is 8.09. The molecule has 29 heavy (non-hydrogen) atoms. The predicted octanol–water partition coefficient (Wildman–Crippen LogP) is 3.48. The third kappa shape index (κ3) is 3.76. The molecular weight excluding hydrogens is 436 g/mol. The van der Waals surface area contributed by atoms with Crippen molar-refractivity contribution in [2.24, 2.45) is 0 Å². The Kier molecular flexibility index (Phi) is 5.36. The normalized spacial score (nSPS) is 19.1. The van der Waals surface area contributed by atoms with Crippen LogP contribution in [-0.2, 0) is 11.3 Å². The Morgan fingerprint density at radius 3 is 2.93 bits per heavy atom. The molecule has 0 aliphatic carbocycles. The SMILES string of the molecule is N#CC1CC(c2nc(Br)c3c(N)nccn23)CCN1C(=O)OCc1ccccc1. The average molecular weight is 455 g/mol. The molecule has 0 radical (unpaired) electrons. The van der Waals surface area contributed by atoms with Crippen molar-refractivity contribution >= 4 is 33.4 Å². The molecule has 3 aromatic rings. The number of amides is 1. The number of carbonyl (C=O) groups is 1. The van der Waals surface area contributed by atoms with Crippen molar-refractivity contribution in [1.82, 2.24) is 19.3 Å². The number of aromatic nitrogens is 3. The van der Waals surface area contributed by atoms with Crippen LogP contribution in [0.2, 0.25) is 0 Å². The first-order valence-corrected chi connectivity index (χ1v) is 10.0. The van der Waals surface area contributed by atoms with Crippen molar-refractivity contribution in [3.63, 3.8) is 0 Å². The van der Waals surface area contributed by atoms with E-state index < -0.39 is 12.1 Å². The van der Waals surface area contributed by atoms with Crippen LogP contribution in [0.5, 0.6) is 0 Å². The van der Waals surface area contributed by atoms with E-state index in [4.69, 9.17) is 10.5 Å². The second-order valence-corrected chi connectivity index (χ2v) is 7.64. The number of benzene rings is 1. The smallest absolute Gasteiger partial charge is 0.411 e. The van der Waals surface area contributed by atoms with Crippen molar-refractivity contribution in [3.8, 4) is 6.07 Å². The number of nitriles is 1. The van der Waals surface area contributed by atoms with Gasteiger partial charge in [-0.3, -0.25) is 9.30 Å². The fraction of sp³-hybridized carbons (Fsp3) is 0.300. The Labute approximate surface area is 176 Å². The van der Waals surface area contributed by atoms with Gasteiger partial charge < -0.3 is 10.5 Å². The van der Waals surface area contributed by atoms with Gasteiger partial charge in [-0.15, -0.1) is 0 Å². The van der Waals surface area contributed by atoms with Gasteiger partial charge >= 0.3 is 6.09 Å². The zero-order valence-electron chi connectivity index (χ0n) is 15.5. The molecule has 3 heterocycles. The molecule has 1 aromatic carbocycles. The number of anilines is 1. The Bertz CT molecular complexity index is 1080. The van der Waals surface area contributed by atoms with Crippen LogP contribution in [0.15, 0.2) is 47.3 Å². The highest BCUT2D eigenvalue weighted by Crippen LogP contribution is 2.34. The lowest BCUT2D eigenvalue weighted by Crippen LogP contribution is -2.45. The number of rotatable bonds is 3. The van der Waals surface area contributed by atoms with Gasteiger partial charge in [0.15, 0.2) is 5.82 Å². The number of carbonyl (C=O) groups excluding carboxylic acids is 1. The molecular formula is C20H19BrN6O2. The zero-order valence-corrected chi connectivity index (χ0v) is 17.1. The number of hydrogen-bond donors (Lipinski definition) is 1. The monoisotopic (exact) mass is 454 g/mol. The lowest BCUT2D eigenvalue weighted by atomic mass is 9.91. The molecule has 1 aliphatic heterocycles. The summed E-state index contributed by atoms with van der Waals surface area (Å²) >= 11 is 3.44. The van der Waals surface area contributed by atoms with Crippen molar-refractivity contribution in [2.75, 3.05) is 12.3 Å². The topological polar surface area (TPSA) is 110 Å². The summed E-state index contributed by atoms with van der Waals surface area (Å²) in [6, 6.07) is 11.1. The molecule has 148 valence electrons. The first kappa shape index (κ1) is 19.2. The molecule has 1 saturated heterocycles. The van der Waals surface area contributed by atoms with Crippen molar-refractivity contribution in [1.29, 1.82) is 5.26 Å². The largest absolute Gasteiger partial charge is 0.445 e. The number of imidazole rings is 1. The Morgan fingerprint density at radius 2 is 2.17 bits per heavy atom. The van der Waals surface area contributed by atoms with Crippen LogP contribution >= 0.6 is 15.9 Å². The maximum Gasteiger partial charge on any atom is 0.411 e. The Balaban J connectivity index is 1.49. The number of piperidine rings is 1. The van der Waals surface area contributed by atoms with E-state index in [1.54, 1.807) is 12.4 Å². The molecule has 8 nitrogen and oxygen atoms in total. The van der Waals surface area contributed by atoms with E-state index in [0.717, 1.165) is 11.4 Å². The van der Waals surface area contributed by atoms with Crippen LogP contribution in [0.1, 0.15) is 30.1 Å². The standard InChI is InChI=1S/C20H19BrN6O2/c21-17-16-18(23)24-7-9-27(16)19(25-17)14-6-8-26(15(10-14)11-22)20(28)29-12-13-4-2-1-3-5-13/h1-5,7,9,14-15H,6,8,10,12H2,(H2,23,24). The molecule has 2 N–H and O–H groups in total. The van der Waals surface area contributed by atoms with E-state index in [9.17, 15) is 10.1 Å². The van der Waals surface area contributed by atoms with Crippen LogP contribution in [-0.4, -0.2) is 37.9 Å². The number of nitrogens with zero attached hydrogens (tertiary/aromatic N) is 5. The molecule has 2 atom stereocenters. The first-order valence-electron chi connectivity index (χ1n) is 9.23. The molecule has 4 rings (SSSR count). The first-order chi connectivity index (χ1) is 14.1. The summed E-state index contributed by atoms with van der Waals surface area (Å²) in [4.78, 5) is 22.8.